The van der Waals surface area contributed by atoms with Crippen LogP contribution in [0, 0.1) is 5.92 Å². The lowest BCUT2D eigenvalue weighted by atomic mass is 10.0. The molecule has 2 atom stereocenters. The second-order valence-electron chi connectivity index (χ2n) is 4.82. The Kier molecular flexibility index (Phi) is 3.62. The fourth-order valence-electron chi connectivity index (χ4n) is 2.99. The molecule has 2 aliphatic rings. The molecule has 0 heterocycles. The number of methoxy groups -OCH3 is 1. The average Bonchev–Trinajstić information content (AvgIpc) is 2.88. The molecule has 2 fully saturated rings. The van der Waals surface area contributed by atoms with Crippen LogP contribution in [0.15, 0.2) is 0 Å². The lowest BCUT2D eigenvalue weighted by Gasteiger charge is -2.23. The molecule has 0 saturated heterocycles. The van der Waals surface area contributed by atoms with Crippen molar-refractivity contribution in [1.29, 1.82) is 0 Å². The molecule has 2 saturated carbocycles. The maximum Gasteiger partial charge on any atom is 0.310 e. The maximum atomic E-state index is 11.5. The van der Waals surface area contributed by atoms with Crippen LogP contribution in [0.4, 0.5) is 0 Å². The summed E-state index contributed by atoms with van der Waals surface area (Å²) < 4.78 is 4.85. The quantitative estimate of drug-likeness (QED) is 0.724. The van der Waals surface area contributed by atoms with Crippen LogP contribution in [-0.4, -0.2) is 25.2 Å². The van der Waals surface area contributed by atoms with E-state index in [1.54, 1.807) is 0 Å². The first kappa shape index (κ1) is 10.9. The zero-order valence-corrected chi connectivity index (χ0v) is 9.50. The van der Waals surface area contributed by atoms with Gasteiger partial charge >= 0.3 is 5.97 Å². The highest BCUT2D eigenvalue weighted by Crippen LogP contribution is 2.29. The van der Waals surface area contributed by atoms with Gasteiger partial charge in [-0.2, -0.15) is 0 Å². The first-order valence-corrected chi connectivity index (χ1v) is 6.15. The number of ether oxygens (including phenoxy) is 1. The van der Waals surface area contributed by atoms with Gasteiger partial charge in [0.2, 0.25) is 0 Å². The number of rotatable bonds is 3. The average molecular weight is 211 g/mol. The molecule has 2 aliphatic carbocycles. The highest BCUT2D eigenvalue weighted by Gasteiger charge is 2.35. The van der Waals surface area contributed by atoms with Crippen molar-refractivity contribution in [3.8, 4) is 0 Å². The largest absolute Gasteiger partial charge is 0.469 e. The van der Waals surface area contributed by atoms with Gasteiger partial charge in [-0.3, -0.25) is 4.79 Å². The van der Waals surface area contributed by atoms with Crippen molar-refractivity contribution in [2.45, 2.75) is 57.0 Å². The fourth-order valence-corrected chi connectivity index (χ4v) is 2.99. The fraction of sp³-hybridized carbons (Fsp3) is 0.917. The van der Waals surface area contributed by atoms with Gasteiger partial charge in [0.1, 0.15) is 0 Å². The van der Waals surface area contributed by atoms with Gasteiger partial charge in [0, 0.05) is 12.1 Å². The van der Waals surface area contributed by atoms with E-state index in [-0.39, 0.29) is 11.9 Å². The molecule has 0 aromatic rings. The van der Waals surface area contributed by atoms with Crippen molar-refractivity contribution < 1.29 is 9.53 Å². The molecule has 0 radical (unpaired) electrons. The molecule has 2 unspecified atom stereocenters. The van der Waals surface area contributed by atoms with Crippen LogP contribution >= 0.6 is 0 Å². The SMILES string of the molecule is COC(=O)C1CCCC1NC1CCCC1. The van der Waals surface area contributed by atoms with Crippen LogP contribution in [0.3, 0.4) is 0 Å². The van der Waals surface area contributed by atoms with Crippen molar-refractivity contribution in [3.05, 3.63) is 0 Å². The van der Waals surface area contributed by atoms with Gasteiger partial charge in [-0.05, 0) is 25.7 Å². The van der Waals surface area contributed by atoms with Gasteiger partial charge in [-0.25, -0.2) is 0 Å². The third-order valence-electron chi connectivity index (χ3n) is 3.82. The van der Waals surface area contributed by atoms with Crippen LogP contribution < -0.4 is 5.32 Å². The van der Waals surface area contributed by atoms with Crippen molar-refractivity contribution in [3.63, 3.8) is 0 Å². The molecule has 0 aliphatic heterocycles. The second kappa shape index (κ2) is 4.97. The van der Waals surface area contributed by atoms with Crippen molar-refractivity contribution in [1.82, 2.24) is 5.32 Å². The predicted octanol–water partition coefficient (Wildman–Crippen LogP) is 1.86. The van der Waals surface area contributed by atoms with E-state index in [2.05, 4.69) is 5.32 Å². The first-order valence-electron chi connectivity index (χ1n) is 6.15. The number of esters is 1. The van der Waals surface area contributed by atoms with Crippen LogP contribution in [0.5, 0.6) is 0 Å². The minimum absolute atomic E-state index is 0.0250. The van der Waals surface area contributed by atoms with Crippen molar-refractivity contribution in [2.75, 3.05) is 7.11 Å². The highest BCUT2D eigenvalue weighted by molar-refractivity contribution is 5.73. The summed E-state index contributed by atoms with van der Waals surface area (Å²) in [6.45, 7) is 0. The summed E-state index contributed by atoms with van der Waals surface area (Å²) >= 11 is 0. The Bertz CT molecular complexity index is 224. The van der Waals surface area contributed by atoms with Crippen molar-refractivity contribution in [2.24, 2.45) is 5.92 Å². The summed E-state index contributed by atoms with van der Waals surface area (Å²) in [5.74, 6) is 0.0820. The molecular formula is C12H21NO2. The van der Waals surface area contributed by atoms with Crippen LogP contribution in [0.2, 0.25) is 0 Å². The minimum atomic E-state index is -0.0250. The Morgan fingerprint density at radius 2 is 1.87 bits per heavy atom. The Hall–Kier alpha value is -0.570. The normalized spacial score (nSPS) is 32.1. The molecule has 0 amide bonds. The number of carbonyl (C=O) groups excluding carboxylic acids is 1. The summed E-state index contributed by atoms with van der Waals surface area (Å²) in [4.78, 5) is 11.5. The standard InChI is InChI=1S/C12H21NO2/c1-15-12(14)10-7-4-8-11(10)13-9-5-2-3-6-9/h9-11,13H,2-8H2,1H3. The summed E-state index contributed by atoms with van der Waals surface area (Å²) in [5.41, 5.74) is 0. The lowest BCUT2D eigenvalue weighted by molar-refractivity contribution is -0.145. The third kappa shape index (κ3) is 2.51. The Morgan fingerprint density at radius 3 is 2.53 bits per heavy atom. The summed E-state index contributed by atoms with van der Waals surface area (Å²) in [6.07, 6.45) is 8.53. The monoisotopic (exact) mass is 211 g/mol. The third-order valence-corrected chi connectivity index (χ3v) is 3.82. The molecule has 0 aromatic heterocycles. The number of carbonyl (C=O) groups is 1. The lowest BCUT2D eigenvalue weighted by Crippen LogP contribution is -2.41. The van der Waals surface area contributed by atoms with Crippen LogP contribution in [0.1, 0.15) is 44.9 Å². The van der Waals surface area contributed by atoms with E-state index in [0.29, 0.717) is 12.1 Å². The number of nitrogens with one attached hydrogen (secondary N) is 1. The molecule has 0 bridgehead atoms. The molecule has 1 N–H and O–H groups in total. The topological polar surface area (TPSA) is 38.3 Å². The Balaban J connectivity index is 1.86. The number of hydrogen-bond acceptors (Lipinski definition) is 3. The van der Waals surface area contributed by atoms with Gasteiger partial charge < -0.3 is 10.1 Å². The molecule has 0 aromatic carbocycles. The predicted molar refractivity (Wildman–Crippen MR) is 58.5 cm³/mol. The molecule has 2 rings (SSSR count). The van der Waals surface area contributed by atoms with E-state index in [9.17, 15) is 4.79 Å². The molecular weight excluding hydrogens is 190 g/mol. The van der Waals surface area contributed by atoms with E-state index in [4.69, 9.17) is 4.74 Å². The van der Waals surface area contributed by atoms with E-state index >= 15 is 0 Å². The Labute approximate surface area is 91.6 Å². The summed E-state index contributed by atoms with van der Waals surface area (Å²) in [5, 5.41) is 3.64. The van der Waals surface area contributed by atoms with Gasteiger partial charge in [-0.1, -0.05) is 19.3 Å². The van der Waals surface area contributed by atoms with E-state index in [1.165, 1.54) is 32.8 Å². The molecule has 3 heteroatoms. The molecule has 15 heavy (non-hydrogen) atoms. The highest BCUT2D eigenvalue weighted by atomic mass is 16.5. The van der Waals surface area contributed by atoms with E-state index in [1.807, 2.05) is 0 Å². The molecule has 86 valence electrons. The van der Waals surface area contributed by atoms with Crippen LogP contribution in [0.25, 0.3) is 0 Å². The second-order valence-corrected chi connectivity index (χ2v) is 4.82. The summed E-state index contributed by atoms with van der Waals surface area (Å²) in [7, 11) is 1.49. The zero-order valence-electron chi connectivity index (χ0n) is 9.50. The first-order chi connectivity index (χ1) is 7.31. The van der Waals surface area contributed by atoms with Crippen molar-refractivity contribution >= 4 is 5.97 Å². The van der Waals surface area contributed by atoms with Gasteiger partial charge in [0.05, 0.1) is 13.0 Å². The zero-order chi connectivity index (χ0) is 10.7. The maximum absolute atomic E-state index is 11.5. The van der Waals surface area contributed by atoms with E-state index < -0.39 is 0 Å². The summed E-state index contributed by atoms with van der Waals surface area (Å²) in [6, 6.07) is 1.03. The van der Waals surface area contributed by atoms with Crippen LogP contribution in [-0.2, 0) is 9.53 Å². The van der Waals surface area contributed by atoms with Gasteiger partial charge in [0.25, 0.3) is 0 Å². The molecule has 3 nitrogen and oxygen atoms in total. The minimum Gasteiger partial charge on any atom is -0.469 e. The molecule has 0 spiro atoms. The van der Waals surface area contributed by atoms with Gasteiger partial charge in [-0.15, -0.1) is 0 Å². The number of hydrogen-bond donors (Lipinski definition) is 1. The van der Waals surface area contributed by atoms with E-state index in [0.717, 1.165) is 19.3 Å². The Morgan fingerprint density at radius 1 is 1.13 bits per heavy atom. The van der Waals surface area contributed by atoms with Gasteiger partial charge in [0.15, 0.2) is 0 Å². The smallest absolute Gasteiger partial charge is 0.310 e.